The van der Waals surface area contributed by atoms with Crippen LogP contribution in [0.25, 0.3) is 0 Å². The molecule has 2 rings (SSSR count). The molecule has 2 fully saturated rings. The number of nitrogens with zero attached hydrogens (tertiary/aromatic N) is 1. The fraction of sp³-hybridized carbons (Fsp3) is 0.923. The molecule has 0 bridgehead atoms. The fourth-order valence-electron chi connectivity index (χ4n) is 3.16. The Bertz CT molecular complexity index is 250. The minimum atomic E-state index is 0.211. The van der Waals surface area contributed by atoms with E-state index in [0.717, 1.165) is 32.2 Å². The van der Waals surface area contributed by atoms with Gasteiger partial charge in [-0.05, 0) is 32.1 Å². The first-order valence-corrected chi connectivity index (χ1v) is 6.95. The van der Waals surface area contributed by atoms with Crippen LogP contribution in [0.3, 0.4) is 0 Å². The van der Waals surface area contributed by atoms with Crippen LogP contribution in [0.5, 0.6) is 0 Å². The molecular formula is C13H24N2O2. The van der Waals surface area contributed by atoms with Crippen LogP contribution in [0.1, 0.15) is 51.4 Å². The predicted molar refractivity (Wildman–Crippen MR) is 66.1 cm³/mol. The standard InChI is InChI=1S/C13H24N2O2/c14-17-10-12-8-4-5-9-15(12)13(16)11-6-2-1-3-7-11/h11-12H,1-10,14H2. The highest BCUT2D eigenvalue weighted by Crippen LogP contribution is 2.28. The molecule has 17 heavy (non-hydrogen) atoms. The molecule has 1 atom stereocenters. The van der Waals surface area contributed by atoms with Crippen molar-refractivity contribution < 1.29 is 9.63 Å². The van der Waals surface area contributed by atoms with Crippen LogP contribution < -0.4 is 5.90 Å². The Morgan fingerprint density at radius 1 is 1.12 bits per heavy atom. The van der Waals surface area contributed by atoms with Crippen LogP contribution in [0, 0.1) is 5.92 Å². The Kier molecular flexibility index (Phi) is 4.80. The lowest BCUT2D eigenvalue weighted by molar-refractivity contribution is -0.142. The number of likely N-dealkylation sites (tertiary alicyclic amines) is 1. The van der Waals surface area contributed by atoms with Crippen LogP contribution >= 0.6 is 0 Å². The number of nitrogens with two attached hydrogens (primary N) is 1. The van der Waals surface area contributed by atoms with E-state index in [0.29, 0.717) is 12.5 Å². The quantitative estimate of drug-likeness (QED) is 0.766. The Balaban J connectivity index is 1.94. The molecule has 1 saturated heterocycles. The highest BCUT2D eigenvalue weighted by atomic mass is 16.6. The van der Waals surface area contributed by atoms with E-state index in [4.69, 9.17) is 10.7 Å². The highest BCUT2D eigenvalue weighted by Gasteiger charge is 2.32. The van der Waals surface area contributed by atoms with E-state index in [1.54, 1.807) is 0 Å². The smallest absolute Gasteiger partial charge is 0.226 e. The Hall–Kier alpha value is -0.610. The first kappa shape index (κ1) is 12.8. The zero-order chi connectivity index (χ0) is 12.1. The van der Waals surface area contributed by atoms with E-state index in [1.807, 2.05) is 4.90 Å². The Morgan fingerprint density at radius 2 is 1.82 bits per heavy atom. The number of amides is 1. The maximum Gasteiger partial charge on any atom is 0.226 e. The van der Waals surface area contributed by atoms with Gasteiger partial charge in [0.1, 0.15) is 0 Å². The minimum absolute atomic E-state index is 0.211. The van der Waals surface area contributed by atoms with Crippen molar-refractivity contribution in [3.05, 3.63) is 0 Å². The molecule has 1 saturated carbocycles. The molecule has 1 unspecified atom stereocenters. The van der Waals surface area contributed by atoms with Gasteiger partial charge in [0.05, 0.1) is 12.6 Å². The van der Waals surface area contributed by atoms with Crippen molar-refractivity contribution >= 4 is 5.91 Å². The van der Waals surface area contributed by atoms with Crippen molar-refractivity contribution in [2.45, 2.75) is 57.4 Å². The van der Waals surface area contributed by atoms with Crippen LogP contribution in [0.15, 0.2) is 0 Å². The monoisotopic (exact) mass is 240 g/mol. The third-order valence-electron chi connectivity index (χ3n) is 4.15. The maximum atomic E-state index is 12.5. The summed E-state index contributed by atoms with van der Waals surface area (Å²) < 4.78 is 0. The number of carbonyl (C=O) groups is 1. The molecule has 1 heterocycles. The lowest BCUT2D eigenvalue weighted by Gasteiger charge is -2.38. The number of rotatable bonds is 3. The SMILES string of the molecule is NOCC1CCCCN1C(=O)C1CCCCC1. The second-order valence-corrected chi connectivity index (χ2v) is 5.35. The molecule has 0 aromatic carbocycles. The average Bonchev–Trinajstić information content (AvgIpc) is 2.40. The molecule has 98 valence electrons. The molecule has 1 amide bonds. The highest BCUT2D eigenvalue weighted by molar-refractivity contribution is 5.79. The summed E-state index contributed by atoms with van der Waals surface area (Å²) in [5, 5.41) is 0. The molecule has 4 heteroatoms. The van der Waals surface area contributed by atoms with Crippen molar-refractivity contribution in [3.63, 3.8) is 0 Å². The second-order valence-electron chi connectivity index (χ2n) is 5.35. The second kappa shape index (κ2) is 6.36. The summed E-state index contributed by atoms with van der Waals surface area (Å²) in [6.45, 7) is 1.38. The maximum absolute atomic E-state index is 12.5. The zero-order valence-corrected chi connectivity index (χ0v) is 10.6. The van der Waals surface area contributed by atoms with Gasteiger partial charge in [-0.3, -0.25) is 4.79 Å². The number of hydrogen-bond donors (Lipinski definition) is 1. The van der Waals surface area contributed by atoms with Gasteiger partial charge in [0.15, 0.2) is 0 Å². The largest absolute Gasteiger partial charge is 0.337 e. The van der Waals surface area contributed by atoms with Crippen LogP contribution in [-0.4, -0.2) is 30.0 Å². The van der Waals surface area contributed by atoms with Crippen LogP contribution in [0.4, 0.5) is 0 Å². The molecule has 0 spiro atoms. The van der Waals surface area contributed by atoms with E-state index in [-0.39, 0.29) is 12.0 Å². The number of carbonyl (C=O) groups excluding carboxylic acids is 1. The topological polar surface area (TPSA) is 55.6 Å². The van der Waals surface area contributed by atoms with E-state index in [1.165, 1.54) is 25.7 Å². The van der Waals surface area contributed by atoms with E-state index >= 15 is 0 Å². The fourth-order valence-corrected chi connectivity index (χ4v) is 3.16. The van der Waals surface area contributed by atoms with Gasteiger partial charge in [-0.25, -0.2) is 5.90 Å². The molecule has 0 aromatic rings. The number of hydrogen-bond acceptors (Lipinski definition) is 3. The summed E-state index contributed by atoms with van der Waals surface area (Å²) in [5.74, 6) is 5.78. The lowest BCUT2D eigenvalue weighted by atomic mass is 9.87. The van der Waals surface area contributed by atoms with Crippen LogP contribution in [-0.2, 0) is 9.63 Å². The normalized spacial score (nSPS) is 27.1. The summed E-state index contributed by atoms with van der Waals surface area (Å²) in [6, 6.07) is 0.211. The molecule has 2 N–H and O–H groups in total. The molecule has 1 aliphatic heterocycles. The Labute approximate surface area is 103 Å². The first-order chi connectivity index (χ1) is 8.33. The summed E-state index contributed by atoms with van der Waals surface area (Å²) in [4.78, 5) is 19.3. The van der Waals surface area contributed by atoms with Gasteiger partial charge in [-0.15, -0.1) is 0 Å². The van der Waals surface area contributed by atoms with Gasteiger partial charge in [-0.1, -0.05) is 19.3 Å². The molecule has 1 aliphatic carbocycles. The third kappa shape index (κ3) is 3.19. The molecule has 0 radical (unpaired) electrons. The Morgan fingerprint density at radius 3 is 2.53 bits per heavy atom. The van der Waals surface area contributed by atoms with Crippen molar-refractivity contribution in [1.29, 1.82) is 0 Å². The minimum Gasteiger partial charge on any atom is -0.337 e. The zero-order valence-electron chi connectivity index (χ0n) is 10.6. The van der Waals surface area contributed by atoms with Gasteiger partial charge in [0.2, 0.25) is 5.91 Å². The number of piperidine rings is 1. The van der Waals surface area contributed by atoms with E-state index in [2.05, 4.69) is 0 Å². The van der Waals surface area contributed by atoms with Crippen molar-refractivity contribution in [2.75, 3.05) is 13.2 Å². The van der Waals surface area contributed by atoms with Gasteiger partial charge < -0.3 is 9.74 Å². The van der Waals surface area contributed by atoms with Crippen molar-refractivity contribution in [1.82, 2.24) is 4.90 Å². The average molecular weight is 240 g/mol. The molecule has 0 aromatic heterocycles. The van der Waals surface area contributed by atoms with Crippen molar-refractivity contribution in [2.24, 2.45) is 11.8 Å². The summed E-state index contributed by atoms with van der Waals surface area (Å²) in [6.07, 6.45) is 9.21. The van der Waals surface area contributed by atoms with Gasteiger partial charge in [-0.2, -0.15) is 0 Å². The van der Waals surface area contributed by atoms with Crippen molar-refractivity contribution in [3.8, 4) is 0 Å². The van der Waals surface area contributed by atoms with Gasteiger partial charge in [0.25, 0.3) is 0 Å². The van der Waals surface area contributed by atoms with Crippen LogP contribution in [0.2, 0.25) is 0 Å². The lowest BCUT2D eigenvalue weighted by Crippen LogP contribution is -2.49. The third-order valence-corrected chi connectivity index (χ3v) is 4.15. The van der Waals surface area contributed by atoms with Gasteiger partial charge in [0, 0.05) is 12.5 Å². The first-order valence-electron chi connectivity index (χ1n) is 6.95. The van der Waals surface area contributed by atoms with E-state index in [9.17, 15) is 4.79 Å². The van der Waals surface area contributed by atoms with E-state index < -0.39 is 0 Å². The summed E-state index contributed by atoms with van der Waals surface area (Å²) in [7, 11) is 0. The summed E-state index contributed by atoms with van der Waals surface area (Å²) in [5.41, 5.74) is 0. The molecule has 4 nitrogen and oxygen atoms in total. The predicted octanol–water partition coefficient (Wildman–Crippen LogP) is 1.84. The van der Waals surface area contributed by atoms with Gasteiger partial charge >= 0.3 is 0 Å². The molecule has 2 aliphatic rings. The molecular weight excluding hydrogens is 216 g/mol. The summed E-state index contributed by atoms with van der Waals surface area (Å²) >= 11 is 0.